The number of rotatable bonds is 6. The van der Waals surface area contributed by atoms with Crippen LogP contribution >= 0.6 is 0 Å². The van der Waals surface area contributed by atoms with Gasteiger partial charge < -0.3 is 15.4 Å². The second-order valence-electron chi connectivity index (χ2n) is 4.19. The second-order valence-corrected chi connectivity index (χ2v) is 4.19. The standard InChI is InChI=1S/C12H18N2O3/c1-8(3-4-15)6-14-12(17)11-5-10(7-13-11)9(2)16/h5,7-8,13,15H,3-4,6H2,1-2H3,(H,14,17). The molecule has 1 rings (SSSR count). The molecule has 1 unspecified atom stereocenters. The molecular weight excluding hydrogens is 220 g/mol. The third-order valence-corrected chi connectivity index (χ3v) is 2.57. The molecule has 1 heterocycles. The van der Waals surface area contributed by atoms with Gasteiger partial charge >= 0.3 is 0 Å². The number of aromatic amines is 1. The third-order valence-electron chi connectivity index (χ3n) is 2.57. The molecule has 1 aromatic heterocycles. The van der Waals surface area contributed by atoms with Crippen molar-refractivity contribution in [3.8, 4) is 0 Å². The fraction of sp³-hybridized carbons (Fsp3) is 0.500. The van der Waals surface area contributed by atoms with Crippen molar-refractivity contribution < 1.29 is 14.7 Å². The van der Waals surface area contributed by atoms with Crippen LogP contribution in [0.2, 0.25) is 0 Å². The largest absolute Gasteiger partial charge is 0.396 e. The Morgan fingerprint density at radius 1 is 1.53 bits per heavy atom. The first kappa shape index (κ1) is 13.4. The smallest absolute Gasteiger partial charge is 0.267 e. The van der Waals surface area contributed by atoms with Gasteiger partial charge in [-0.3, -0.25) is 9.59 Å². The van der Waals surface area contributed by atoms with E-state index in [9.17, 15) is 9.59 Å². The minimum Gasteiger partial charge on any atom is -0.396 e. The molecular formula is C12H18N2O3. The summed E-state index contributed by atoms with van der Waals surface area (Å²) in [4.78, 5) is 25.5. The van der Waals surface area contributed by atoms with Crippen LogP contribution in [0.25, 0.3) is 0 Å². The molecule has 17 heavy (non-hydrogen) atoms. The van der Waals surface area contributed by atoms with Gasteiger partial charge in [-0.25, -0.2) is 0 Å². The van der Waals surface area contributed by atoms with Gasteiger partial charge in [-0.1, -0.05) is 6.92 Å². The van der Waals surface area contributed by atoms with Gasteiger partial charge in [-0.2, -0.15) is 0 Å². The summed E-state index contributed by atoms with van der Waals surface area (Å²) in [5, 5.41) is 11.5. The number of aromatic nitrogens is 1. The number of Topliss-reactive ketones (excluding diaryl/α,β-unsaturated/α-hetero) is 1. The molecule has 94 valence electrons. The van der Waals surface area contributed by atoms with Gasteiger partial charge in [0.15, 0.2) is 5.78 Å². The Morgan fingerprint density at radius 2 is 2.24 bits per heavy atom. The minimum atomic E-state index is -0.234. The first-order chi connectivity index (χ1) is 8.04. The predicted molar refractivity (Wildman–Crippen MR) is 64.0 cm³/mol. The van der Waals surface area contributed by atoms with E-state index >= 15 is 0 Å². The Balaban J connectivity index is 2.49. The van der Waals surface area contributed by atoms with Crippen LogP contribution in [0.3, 0.4) is 0 Å². The fourth-order valence-corrected chi connectivity index (χ4v) is 1.41. The van der Waals surface area contributed by atoms with Crippen molar-refractivity contribution in [3.05, 3.63) is 23.5 Å². The predicted octanol–water partition coefficient (Wildman–Crippen LogP) is 0.966. The molecule has 5 heteroatoms. The lowest BCUT2D eigenvalue weighted by molar-refractivity contribution is 0.0941. The van der Waals surface area contributed by atoms with E-state index in [0.29, 0.717) is 24.2 Å². The van der Waals surface area contributed by atoms with Crippen LogP contribution in [0.15, 0.2) is 12.3 Å². The lowest BCUT2D eigenvalue weighted by Gasteiger charge is -2.10. The number of carbonyl (C=O) groups is 2. The van der Waals surface area contributed by atoms with Crippen LogP contribution in [0.1, 0.15) is 41.1 Å². The average molecular weight is 238 g/mol. The molecule has 0 aliphatic carbocycles. The summed E-state index contributed by atoms with van der Waals surface area (Å²) in [5.74, 6) is -0.0811. The van der Waals surface area contributed by atoms with Crippen molar-refractivity contribution in [3.63, 3.8) is 0 Å². The number of hydrogen-bond donors (Lipinski definition) is 3. The molecule has 0 saturated carbocycles. The van der Waals surface area contributed by atoms with Gasteiger partial charge in [0.05, 0.1) is 0 Å². The number of ketones is 1. The number of aliphatic hydroxyl groups is 1. The Morgan fingerprint density at radius 3 is 2.76 bits per heavy atom. The number of nitrogens with one attached hydrogen (secondary N) is 2. The molecule has 0 radical (unpaired) electrons. The lowest BCUT2D eigenvalue weighted by atomic mass is 10.1. The number of amides is 1. The lowest BCUT2D eigenvalue weighted by Crippen LogP contribution is -2.28. The topological polar surface area (TPSA) is 82.2 Å². The Bertz CT molecular complexity index is 398. The molecule has 3 N–H and O–H groups in total. The quantitative estimate of drug-likeness (QED) is 0.646. The summed E-state index contributed by atoms with van der Waals surface area (Å²) in [6, 6.07) is 1.54. The van der Waals surface area contributed by atoms with Crippen molar-refractivity contribution in [2.24, 2.45) is 5.92 Å². The molecule has 1 aromatic rings. The first-order valence-electron chi connectivity index (χ1n) is 5.63. The Labute approximate surface area is 100 Å². The highest BCUT2D eigenvalue weighted by atomic mass is 16.3. The highest BCUT2D eigenvalue weighted by Crippen LogP contribution is 2.05. The van der Waals surface area contributed by atoms with Crippen LogP contribution in [-0.4, -0.2) is 34.9 Å². The van der Waals surface area contributed by atoms with Crippen molar-refractivity contribution in [1.82, 2.24) is 10.3 Å². The van der Waals surface area contributed by atoms with Crippen LogP contribution < -0.4 is 5.32 Å². The monoisotopic (exact) mass is 238 g/mol. The summed E-state index contributed by atoms with van der Waals surface area (Å²) in [6.45, 7) is 4.03. The maximum absolute atomic E-state index is 11.7. The molecule has 0 spiro atoms. The highest BCUT2D eigenvalue weighted by Gasteiger charge is 2.11. The molecule has 0 aliphatic heterocycles. The summed E-state index contributed by atoms with van der Waals surface area (Å²) < 4.78 is 0. The second kappa shape index (κ2) is 6.20. The van der Waals surface area contributed by atoms with Crippen molar-refractivity contribution in [1.29, 1.82) is 0 Å². The van der Waals surface area contributed by atoms with E-state index < -0.39 is 0 Å². The van der Waals surface area contributed by atoms with Crippen molar-refractivity contribution in [2.75, 3.05) is 13.2 Å². The van der Waals surface area contributed by atoms with Gasteiger partial charge in [-0.15, -0.1) is 0 Å². The van der Waals surface area contributed by atoms with Crippen LogP contribution in [-0.2, 0) is 0 Å². The SMILES string of the molecule is CC(=O)c1c[nH]c(C(=O)NCC(C)CCO)c1. The molecule has 0 aromatic carbocycles. The number of aliphatic hydroxyl groups excluding tert-OH is 1. The summed E-state index contributed by atoms with van der Waals surface area (Å²) in [7, 11) is 0. The third kappa shape index (κ3) is 4.03. The molecule has 0 saturated heterocycles. The van der Waals surface area contributed by atoms with E-state index in [4.69, 9.17) is 5.11 Å². The number of carbonyl (C=O) groups excluding carboxylic acids is 2. The van der Waals surface area contributed by atoms with Crippen LogP contribution in [0.5, 0.6) is 0 Å². The van der Waals surface area contributed by atoms with E-state index in [2.05, 4.69) is 10.3 Å². The molecule has 1 atom stereocenters. The number of hydrogen-bond acceptors (Lipinski definition) is 3. The van der Waals surface area contributed by atoms with Gasteiger partial charge in [-0.05, 0) is 25.3 Å². The summed E-state index contributed by atoms with van der Waals surface area (Å²) in [5.41, 5.74) is 0.880. The van der Waals surface area contributed by atoms with E-state index in [0.717, 1.165) is 0 Å². The zero-order valence-electron chi connectivity index (χ0n) is 10.1. The zero-order valence-corrected chi connectivity index (χ0v) is 10.1. The summed E-state index contributed by atoms with van der Waals surface area (Å²) in [6.07, 6.45) is 2.18. The van der Waals surface area contributed by atoms with Gasteiger partial charge in [0.25, 0.3) is 5.91 Å². The maximum Gasteiger partial charge on any atom is 0.267 e. The normalized spacial score (nSPS) is 12.2. The maximum atomic E-state index is 11.7. The molecule has 0 bridgehead atoms. The molecule has 5 nitrogen and oxygen atoms in total. The van der Waals surface area contributed by atoms with Crippen LogP contribution in [0.4, 0.5) is 0 Å². The highest BCUT2D eigenvalue weighted by molar-refractivity contribution is 5.99. The first-order valence-corrected chi connectivity index (χ1v) is 5.63. The van der Waals surface area contributed by atoms with Crippen molar-refractivity contribution >= 4 is 11.7 Å². The molecule has 1 amide bonds. The summed E-state index contributed by atoms with van der Waals surface area (Å²) >= 11 is 0. The van der Waals surface area contributed by atoms with Crippen molar-refractivity contribution in [2.45, 2.75) is 20.3 Å². The van der Waals surface area contributed by atoms with Gasteiger partial charge in [0, 0.05) is 24.9 Å². The van der Waals surface area contributed by atoms with Gasteiger partial charge in [0.2, 0.25) is 0 Å². The average Bonchev–Trinajstić information content (AvgIpc) is 2.75. The van der Waals surface area contributed by atoms with E-state index in [-0.39, 0.29) is 24.2 Å². The Kier molecular flexibility index (Phi) is 4.90. The minimum absolute atomic E-state index is 0.0750. The van der Waals surface area contributed by atoms with E-state index in [1.807, 2.05) is 6.92 Å². The van der Waals surface area contributed by atoms with E-state index in [1.54, 1.807) is 0 Å². The fourth-order valence-electron chi connectivity index (χ4n) is 1.41. The zero-order chi connectivity index (χ0) is 12.8. The van der Waals surface area contributed by atoms with Gasteiger partial charge in [0.1, 0.15) is 5.69 Å². The molecule has 0 aliphatic rings. The Hall–Kier alpha value is -1.62. The number of H-pyrrole nitrogens is 1. The molecule has 0 fully saturated rings. The van der Waals surface area contributed by atoms with Crippen LogP contribution in [0, 0.1) is 5.92 Å². The van der Waals surface area contributed by atoms with E-state index in [1.165, 1.54) is 19.2 Å².